The molecule has 25 heavy (non-hydrogen) atoms. The minimum atomic E-state index is -3.48. The Hall–Kier alpha value is -1.44. The van der Waals surface area contributed by atoms with Gasteiger partial charge < -0.3 is 15.0 Å². The van der Waals surface area contributed by atoms with Crippen LogP contribution in [0.2, 0.25) is 0 Å². The number of sulfone groups is 1. The number of hydrogen-bond donors (Lipinski definition) is 1. The van der Waals surface area contributed by atoms with E-state index in [0.717, 1.165) is 12.1 Å². The summed E-state index contributed by atoms with van der Waals surface area (Å²) in [6, 6.07) is 7.95. The minimum absolute atomic E-state index is 0.328. The summed E-state index contributed by atoms with van der Waals surface area (Å²) < 4.78 is 30.3. The van der Waals surface area contributed by atoms with Crippen LogP contribution < -0.4 is 5.32 Å². The molecule has 0 spiro atoms. The molecule has 2 rings (SSSR count). The summed E-state index contributed by atoms with van der Waals surface area (Å²) in [4.78, 5) is 14.4. The van der Waals surface area contributed by atoms with Gasteiger partial charge in [0.05, 0.1) is 5.25 Å². The number of nitrogens with zero attached hydrogens (tertiary/aromatic N) is 1. The van der Waals surface area contributed by atoms with Crippen molar-refractivity contribution in [2.45, 2.75) is 43.4 Å². The van der Waals surface area contributed by atoms with E-state index in [0.29, 0.717) is 32.6 Å². The van der Waals surface area contributed by atoms with Crippen LogP contribution in [0.5, 0.6) is 0 Å². The third-order valence-corrected chi connectivity index (χ3v) is 7.08. The lowest BCUT2D eigenvalue weighted by atomic mass is 10.1. The van der Waals surface area contributed by atoms with Gasteiger partial charge in [0.15, 0.2) is 9.84 Å². The number of ether oxygens (including phenoxy) is 1. The molecule has 1 aliphatic rings. The molecule has 0 bridgehead atoms. The molecule has 0 aliphatic carbocycles. The summed E-state index contributed by atoms with van der Waals surface area (Å²) in [7, 11) is 0.533. The number of rotatable bonds is 7. The van der Waals surface area contributed by atoms with E-state index in [9.17, 15) is 13.2 Å². The first-order chi connectivity index (χ1) is 11.8. The predicted octanol–water partition coefficient (Wildman–Crippen LogP) is 1.35. The molecule has 1 atom stereocenters. The molecule has 6 nitrogen and oxygen atoms in total. The van der Waals surface area contributed by atoms with E-state index in [1.54, 1.807) is 0 Å². The van der Waals surface area contributed by atoms with Crippen molar-refractivity contribution in [1.29, 1.82) is 0 Å². The molecule has 1 amide bonds. The number of nitrogens with one attached hydrogen (secondary N) is 1. The van der Waals surface area contributed by atoms with E-state index in [2.05, 4.69) is 10.2 Å². The number of benzene rings is 1. The first-order valence-electron chi connectivity index (χ1n) is 8.61. The Bertz CT molecular complexity index is 665. The van der Waals surface area contributed by atoms with Crippen LogP contribution in [-0.4, -0.2) is 57.0 Å². The van der Waals surface area contributed by atoms with Gasteiger partial charge in [-0.25, -0.2) is 8.42 Å². The van der Waals surface area contributed by atoms with Gasteiger partial charge in [-0.1, -0.05) is 24.3 Å². The molecule has 1 N–H and O–H groups in total. The molecule has 1 heterocycles. The number of hydrogen-bond acceptors (Lipinski definition) is 5. The maximum absolute atomic E-state index is 12.6. The molecule has 140 valence electrons. The van der Waals surface area contributed by atoms with Crippen molar-refractivity contribution < 1.29 is 17.9 Å². The number of amides is 1. The highest BCUT2D eigenvalue weighted by Crippen LogP contribution is 2.20. The van der Waals surface area contributed by atoms with Gasteiger partial charge in [0.1, 0.15) is 5.25 Å². The summed E-state index contributed by atoms with van der Waals surface area (Å²) in [6.45, 7) is 3.54. The fourth-order valence-electron chi connectivity index (χ4n) is 2.90. The highest BCUT2D eigenvalue weighted by molar-refractivity contribution is 7.93. The molecule has 1 fully saturated rings. The molecule has 1 aliphatic heterocycles. The van der Waals surface area contributed by atoms with E-state index in [1.807, 2.05) is 38.4 Å². The van der Waals surface area contributed by atoms with Gasteiger partial charge in [-0.2, -0.15) is 0 Å². The second-order valence-corrected chi connectivity index (χ2v) is 9.37. The van der Waals surface area contributed by atoms with E-state index in [-0.39, 0.29) is 0 Å². The lowest BCUT2D eigenvalue weighted by Crippen LogP contribution is -2.43. The summed E-state index contributed by atoms with van der Waals surface area (Å²) in [5, 5.41) is 1.23. The zero-order valence-electron chi connectivity index (χ0n) is 15.2. The second kappa shape index (κ2) is 8.78. The van der Waals surface area contributed by atoms with Crippen LogP contribution in [0, 0.1) is 0 Å². The lowest BCUT2D eigenvalue weighted by molar-refractivity contribution is -0.120. The molecule has 1 unspecified atom stereocenters. The Morgan fingerprint density at radius 1 is 1.20 bits per heavy atom. The number of carbonyl (C=O) groups is 1. The first-order valence-corrected chi connectivity index (χ1v) is 10.2. The van der Waals surface area contributed by atoms with Crippen molar-refractivity contribution in [3.63, 3.8) is 0 Å². The Labute approximate surface area is 150 Å². The van der Waals surface area contributed by atoms with Gasteiger partial charge in [-0.05, 0) is 45.0 Å². The van der Waals surface area contributed by atoms with E-state index in [4.69, 9.17) is 4.74 Å². The highest BCUT2D eigenvalue weighted by Gasteiger charge is 2.36. The molecule has 0 aromatic heterocycles. The molecule has 1 aromatic carbocycles. The topological polar surface area (TPSA) is 75.7 Å². The average Bonchev–Trinajstić information content (AvgIpc) is 2.60. The van der Waals surface area contributed by atoms with Gasteiger partial charge >= 0.3 is 0 Å². The normalized spacial score (nSPS) is 17.4. The molecule has 0 radical (unpaired) electrons. The smallest absolute Gasteiger partial charge is 0.238 e. The van der Waals surface area contributed by atoms with Crippen molar-refractivity contribution in [2.24, 2.45) is 0 Å². The fraction of sp³-hybridized carbons (Fsp3) is 0.611. The Morgan fingerprint density at radius 3 is 2.32 bits per heavy atom. The summed E-state index contributed by atoms with van der Waals surface area (Å²) in [5.41, 5.74) is 2.14. The Balaban J connectivity index is 1.90. The van der Waals surface area contributed by atoms with Crippen LogP contribution in [0.1, 0.15) is 30.9 Å². The molecule has 1 saturated heterocycles. The van der Waals surface area contributed by atoms with E-state index < -0.39 is 26.2 Å². The summed E-state index contributed by atoms with van der Waals surface area (Å²) in [6.07, 6.45) is 0.931. The largest absolute Gasteiger partial charge is 0.381 e. The van der Waals surface area contributed by atoms with Crippen LogP contribution in [0.15, 0.2) is 24.3 Å². The fourth-order valence-corrected chi connectivity index (χ4v) is 4.71. The van der Waals surface area contributed by atoms with Crippen LogP contribution in [0.25, 0.3) is 0 Å². The lowest BCUT2D eigenvalue weighted by Gasteiger charge is -2.25. The Morgan fingerprint density at radius 2 is 1.76 bits per heavy atom. The summed E-state index contributed by atoms with van der Waals surface area (Å²) >= 11 is 0. The standard InChI is InChI=1S/C18H28N2O4S/c1-14(25(22,23)17-8-10-24-11-9-17)18(21)19-12-15-4-6-16(7-5-15)13-20(2)3/h4-7,14,17H,8-13H2,1-3H3,(H,19,21). The van der Waals surface area contributed by atoms with Crippen LogP contribution in [-0.2, 0) is 32.5 Å². The zero-order chi connectivity index (χ0) is 18.4. The van der Waals surface area contributed by atoms with Gasteiger partial charge in [0.2, 0.25) is 5.91 Å². The maximum atomic E-state index is 12.6. The van der Waals surface area contributed by atoms with Crippen molar-refractivity contribution in [2.75, 3.05) is 27.3 Å². The van der Waals surface area contributed by atoms with Crippen molar-refractivity contribution in [1.82, 2.24) is 10.2 Å². The molecule has 7 heteroatoms. The third-order valence-electron chi connectivity index (χ3n) is 4.48. The second-order valence-electron chi connectivity index (χ2n) is 6.82. The molecular formula is C18H28N2O4S. The predicted molar refractivity (Wildman–Crippen MR) is 97.9 cm³/mol. The van der Waals surface area contributed by atoms with Gasteiger partial charge in [-0.3, -0.25) is 4.79 Å². The average molecular weight is 368 g/mol. The van der Waals surface area contributed by atoms with E-state index >= 15 is 0 Å². The van der Waals surface area contributed by atoms with Gasteiger partial charge in [0.25, 0.3) is 0 Å². The molecular weight excluding hydrogens is 340 g/mol. The molecule has 1 aromatic rings. The van der Waals surface area contributed by atoms with Gasteiger partial charge in [-0.15, -0.1) is 0 Å². The number of carbonyl (C=O) groups excluding carboxylic acids is 1. The highest BCUT2D eigenvalue weighted by atomic mass is 32.2. The quantitative estimate of drug-likeness (QED) is 0.786. The maximum Gasteiger partial charge on any atom is 0.238 e. The van der Waals surface area contributed by atoms with Crippen LogP contribution in [0.3, 0.4) is 0 Å². The van der Waals surface area contributed by atoms with Gasteiger partial charge in [0, 0.05) is 26.3 Å². The zero-order valence-corrected chi connectivity index (χ0v) is 16.0. The Kier molecular flexibility index (Phi) is 6.98. The summed E-state index contributed by atoms with van der Waals surface area (Å²) in [5.74, 6) is -0.441. The third kappa shape index (κ3) is 5.52. The van der Waals surface area contributed by atoms with Crippen molar-refractivity contribution >= 4 is 15.7 Å². The van der Waals surface area contributed by atoms with E-state index in [1.165, 1.54) is 12.5 Å². The monoisotopic (exact) mass is 368 g/mol. The SMILES string of the molecule is CC(C(=O)NCc1ccc(CN(C)C)cc1)S(=O)(=O)C1CCOCC1. The molecule has 0 saturated carbocycles. The van der Waals surface area contributed by atoms with Crippen LogP contribution in [0.4, 0.5) is 0 Å². The van der Waals surface area contributed by atoms with Crippen molar-refractivity contribution in [3.05, 3.63) is 35.4 Å². The minimum Gasteiger partial charge on any atom is -0.381 e. The van der Waals surface area contributed by atoms with Crippen LogP contribution >= 0.6 is 0 Å². The van der Waals surface area contributed by atoms with Crippen molar-refractivity contribution in [3.8, 4) is 0 Å². The first kappa shape index (κ1) is 19.9.